The van der Waals surface area contributed by atoms with Crippen LogP contribution in [-0.4, -0.2) is 55.9 Å². The minimum Gasteiger partial charge on any atom is -0.465 e. The zero-order valence-corrected chi connectivity index (χ0v) is 9.01. The molecular weight excluding hydrogens is 225 g/mol. The molecule has 94 valence electrons. The SMILES string of the molecule is CCOC(=O)CN1CCNC[C@@H]1C(F)(F)F. The number of carbonyl (C=O) groups excluding carboxylic acids is 1. The topological polar surface area (TPSA) is 41.6 Å². The van der Waals surface area contributed by atoms with E-state index in [4.69, 9.17) is 0 Å². The number of nitrogens with zero attached hydrogens (tertiary/aromatic N) is 1. The molecule has 1 saturated heterocycles. The lowest BCUT2D eigenvalue weighted by Gasteiger charge is -2.36. The second-order valence-electron chi connectivity index (χ2n) is 3.54. The maximum atomic E-state index is 12.6. The Morgan fingerprint density at radius 3 is 2.81 bits per heavy atom. The first-order valence-electron chi connectivity index (χ1n) is 5.12. The highest BCUT2D eigenvalue weighted by Gasteiger charge is 2.45. The normalized spacial score (nSPS) is 23.1. The van der Waals surface area contributed by atoms with Crippen LogP contribution in [0, 0.1) is 0 Å². The Balaban J connectivity index is 2.57. The first-order chi connectivity index (χ1) is 7.45. The number of hydrogen-bond donors (Lipinski definition) is 1. The van der Waals surface area contributed by atoms with Crippen LogP contribution in [0.25, 0.3) is 0 Å². The Morgan fingerprint density at radius 2 is 2.25 bits per heavy atom. The van der Waals surface area contributed by atoms with Gasteiger partial charge in [0.25, 0.3) is 0 Å². The smallest absolute Gasteiger partial charge is 0.405 e. The molecule has 0 amide bonds. The Morgan fingerprint density at radius 1 is 1.56 bits per heavy atom. The van der Waals surface area contributed by atoms with Crippen molar-refractivity contribution in [1.82, 2.24) is 10.2 Å². The van der Waals surface area contributed by atoms with E-state index >= 15 is 0 Å². The molecule has 0 aromatic carbocycles. The van der Waals surface area contributed by atoms with Crippen molar-refractivity contribution >= 4 is 5.97 Å². The van der Waals surface area contributed by atoms with E-state index in [9.17, 15) is 18.0 Å². The Hall–Kier alpha value is -0.820. The molecule has 0 bridgehead atoms. The molecule has 7 heteroatoms. The number of ether oxygens (including phenoxy) is 1. The van der Waals surface area contributed by atoms with Crippen LogP contribution in [0.3, 0.4) is 0 Å². The lowest BCUT2D eigenvalue weighted by Crippen LogP contribution is -2.58. The molecule has 1 N–H and O–H groups in total. The van der Waals surface area contributed by atoms with Gasteiger partial charge in [-0.1, -0.05) is 0 Å². The minimum absolute atomic E-state index is 0.178. The van der Waals surface area contributed by atoms with Gasteiger partial charge in [0.15, 0.2) is 0 Å². The van der Waals surface area contributed by atoms with E-state index < -0.39 is 18.2 Å². The van der Waals surface area contributed by atoms with Crippen LogP contribution < -0.4 is 5.32 Å². The average Bonchev–Trinajstić information content (AvgIpc) is 2.17. The van der Waals surface area contributed by atoms with E-state index in [0.29, 0.717) is 6.54 Å². The Bertz CT molecular complexity index is 245. The van der Waals surface area contributed by atoms with Gasteiger partial charge in [0.05, 0.1) is 13.2 Å². The number of piperazine rings is 1. The van der Waals surface area contributed by atoms with Gasteiger partial charge < -0.3 is 10.1 Å². The van der Waals surface area contributed by atoms with Crippen LogP contribution in [-0.2, 0) is 9.53 Å². The third-order valence-electron chi connectivity index (χ3n) is 2.37. The van der Waals surface area contributed by atoms with Crippen molar-refractivity contribution in [1.29, 1.82) is 0 Å². The summed E-state index contributed by atoms with van der Waals surface area (Å²) in [4.78, 5) is 12.2. The number of nitrogens with one attached hydrogen (secondary N) is 1. The van der Waals surface area contributed by atoms with Crippen molar-refractivity contribution in [2.75, 3.05) is 32.8 Å². The second kappa shape index (κ2) is 5.49. The molecule has 0 unspecified atom stereocenters. The van der Waals surface area contributed by atoms with Crippen LogP contribution in [0.5, 0.6) is 0 Å². The third-order valence-corrected chi connectivity index (χ3v) is 2.37. The number of halogens is 3. The zero-order chi connectivity index (χ0) is 12.2. The molecule has 1 aliphatic heterocycles. The molecule has 0 saturated carbocycles. The molecule has 1 aliphatic rings. The summed E-state index contributed by atoms with van der Waals surface area (Å²) in [6, 6.07) is -1.61. The molecule has 1 fully saturated rings. The maximum absolute atomic E-state index is 12.6. The highest BCUT2D eigenvalue weighted by atomic mass is 19.4. The van der Waals surface area contributed by atoms with Crippen LogP contribution >= 0.6 is 0 Å². The van der Waals surface area contributed by atoms with Gasteiger partial charge in [0.1, 0.15) is 6.04 Å². The molecule has 1 atom stereocenters. The van der Waals surface area contributed by atoms with Gasteiger partial charge in [-0.15, -0.1) is 0 Å². The molecule has 0 aliphatic carbocycles. The van der Waals surface area contributed by atoms with Crippen molar-refractivity contribution in [3.8, 4) is 0 Å². The fraction of sp³-hybridized carbons (Fsp3) is 0.889. The lowest BCUT2D eigenvalue weighted by atomic mass is 10.2. The van der Waals surface area contributed by atoms with E-state index in [-0.39, 0.29) is 26.2 Å². The van der Waals surface area contributed by atoms with Crippen molar-refractivity contribution in [3.63, 3.8) is 0 Å². The summed E-state index contributed by atoms with van der Waals surface area (Å²) in [6.45, 7) is 1.97. The van der Waals surface area contributed by atoms with Crippen molar-refractivity contribution in [3.05, 3.63) is 0 Å². The van der Waals surface area contributed by atoms with E-state index in [0.717, 1.165) is 4.90 Å². The summed E-state index contributed by atoms with van der Waals surface area (Å²) < 4.78 is 42.4. The van der Waals surface area contributed by atoms with Crippen LogP contribution in [0.1, 0.15) is 6.92 Å². The molecule has 0 radical (unpaired) electrons. The molecule has 0 aromatic heterocycles. The first kappa shape index (κ1) is 13.2. The summed E-state index contributed by atoms with van der Waals surface area (Å²) in [6.07, 6.45) is -4.32. The predicted molar refractivity (Wildman–Crippen MR) is 50.9 cm³/mol. The van der Waals surface area contributed by atoms with Gasteiger partial charge in [0.2, 0.25) is 0 Å². The largest absolute Gasteiger partial charge is 0.465 e. The van der Waals surface area contributed by atoms with Gasteiger partial charge in [0, 0.05) is 19.6 Å². The first-order valence-corrected chi connectivity index (χ1v) is 5.12. The maximum Gasteiger partial charge on any atom is 0.405 e. The predicted octanol–water partition coefficient (Wildman–Crippen LogP) is 0.386. The summed E-state index contributed by atoms with van der Waals surface area (Å²) >= 11 is 0. The number of rotatable bonds is 3. The van der Waals surface area contributed by atoms with Crippen molar-refractivity contribution < 1.29 is 22.7 Å². The van der Waals surface area contributed by atoms with E-state index in [2.05, 4.69) is 10.1 Å². The fourth-order valence-electron chi connectivity index (χ4n) is 1.63. The molecule has 1 heterocycles. The fourth-order valence-corrected chi connectivity index (χ4v) is 1.63. The van der Waals surface area contributed by atoms with Gasteiger partial charge in [-0.25, -0.2) is 0 Å². The number of hydrogen-bond acceptors (Lipinski definition) is 4. The summed E-state index contributed by atoms with van der Waals surface area (Å²) in [5.74, 6) is -0.612. The molecule has 1 rings (SSSR count). The van der Waals surface area contributed by atoms with Gasteiger partial charge in [-0.05, 0) is 6.92 Å². The highest BCUT2D eigenvalue weighted by molar-refractivity contribution is 5.71. The van der Waals surface area contributed by atoms with Crippen LogP contribution in [0.2, 0.25) is 0 Å². The minimum atomic E-state index is -4.32. The molecule has 0 spiro atoms. The van der Waals surface area contributed by atoms with E-state index in [1.54, 1.807) is 6.92 Å². The third kappa shape index (κ3) is 3.64. The lowest BCUT2D eigenvalue weighted by molar-refractivity contribution is -0.189. The van der Waals surface area contributed by atoms with E-state index in [1.165, 1.54) is 0 Å². The summed E-state index contributed by atoms with van der Waals surface area (Å²) in [5, 5.41) is 2.66. The quantitative estimate of drug-likeness (QED) is 0.724. The van der Waals surface area contributed by atoms with E-state index in [1.807, 2.05) is 0 Å². The molecular formula is C9H15F3N2O2. The Labute approximate surface area is 91.7 Å². The zero-order valence-electron chi connectivity index (χ0n) is 9.01. The number of alkyl halides is 3. The van der Waals surface area contributed by atoms with Gasteiger partial charge in [-0.3, -0.25) is 9.69 Å². The van der Waals surface area contributed by atoms with Crippen molar-refractivity contribution in [2.24, 2.45) is 0 Å². The van der Waals surface area contributed by atoms with Gasteiger partial charge in [-0.2, -0.15) is 13.2 Å². The van der Waals surface area contributed by atoms with Crippen molar-refractivity contribution in [2.45, 2.75) is 19.1 Å². The Kier molecular flexibility index (Phi) is 4.55. The number of esters is 1. The van der Waals surface area contributed by atoms with Gasteiger partial charge >= 0.3 is 12.1 Å². The van der Waals surface area contributed by atoms with Crippen LogP contribution in [0.4, 0.5) is 13.2 Å². The highest BCUT2D eigenvalue weighted by Crippen LogP contribution is 2.25. The monoisotopic (exact) mass is 240 g/mol. The second-order valence-corrected chi connectivity index (χ2v) is 3.54. The molecule has 16 heavy (non-hydrogen) atoms. The average molecular weight is 240 g/mol. The number of carbonyl (C=O) groups is 1. The molecule has 4 nitrogen and oxygen atoms in total. The summed E-state index contributed by atoms with van der Waals surface area (Å²) in [5.41, 5.74) is 0. The summed E-state index contributed by atoms with van der Waals surface area (Å²) in [7, 11) is 0. The van der Waals surface area contributed by atoms with Crippen LogP contribution in [0.15, 0.2) is 0 Å². The molecule has 0 aromatic rings. The standard InChI is InChI=1S/C9H15F3N2O2/c1-2-16-8(15)6-14-4-3-13-5-7(14)9(10,11)12/h7,13H,2-6H2,1H3/t7-/m1/s1.